The van der Waals surface area contributed by atoms with Gasteiger partial charge in [-0.05, 0) is 72.6 Å². The molecule has 4 rings (SSSR count). The quantitative estimate of drug-likeness (QED) is 0.281. The number of thioether (sulfide) groups is 1. The molecule has 1 aliphatic heterocycles. The zero-order chi connectivity index (χ0) is 25.1. The molecule has 0 bridgehead atoms. The molecule has 0 saturated carbocycles. The predicted molar refractivity (Wildman–Crippen MR) is 138 cm³/mol. The Morgan fingerprint density at radius 3 is 2.34 bits per heavy atom. The highest BCUT2D eigenvalue weighted by Gasteiger charge is 2.40. The van der Waals surface area contributed by atoms with Crippen LogP contribution in [0.15, 0.2) is 77.3 Å². The van der Waals surface area contributed by atoms with Crippen LogP contribution in [-0.4, -0.2) is 17.1 Å². The lowest BCUT2D eigenvalue weighted by Crippen LogP contribution is -2.30. The van der Waals surface area contributed by atoms with E-state index in [1.54, 1.807) is 42.5 Å². The Bertz CT molecular complexity index is 1370. The number of benzene rings is 3. The van der Waals surface area contributed by atoms with Gasteiger partial charge in [-0.3, -0.25) is 14.5 Å². The third kappa shape index (κ3) is 5.63. The number of anilines is 2. The van der Waals surface area contributed by atoms with Gasteiger partial charge in [0, 0.05) is 16.4 Å². The average molecular weight is 547 g/mol. The van der Waals surface area contributed by atoms with E-state index < -0.39 is 17.0 Å². The van der Waals surface area contributed by atoms with Crippen molar-refractivity contribution < 1.29 is 14.0 Å². The van der Waals surface area contributed by atoms with Crippen molar-refractivity contribution in [3.63, 3.8) is 0 Å². The van der Waals surface area contributed by atoms with E-state index >= 15 is 0 Å². The summed E-state index contributed by atoms with van der Waals surface area (Å²) in [5.74, 6) is -1.48. The summed E-state index contributed by atoms with van der Waals surface area (Å²) in [6, 6.07) is 18.7. The third-order valence-corrected chi connectivity index (χ3v) is 7.35. The van der Waals surface area contributed by atoms with Crippen molar-refractivity contribution in [2.24, 2.45) is 0 Å². The standard InChI is InChI=1S/C25H15Cl3FN3O2S/c26-15-2-8-18(9-3-15)32-24(34)22(12-14-1-10-20(27)21(28)11-14)35-25(32)19(13-30)23(33)31-17-6-4-16(29)5-7-17/h1-11,22H,12H2,(H,31,33). The molecule has 1 saturated heterocycles. The lowest BCUT2D eigenvalue weighted by Gasteiger charge is -2.19. The molecule has 3 aromatic carbocycles. The maximum absolute atomic E-state index is 13.5. The highest BCUT2D eigenvalue weighted by atomic mass is 35.5. The first-order valence-electron chi connectivity index (χ1n) is 10.2. The van der Waals surface area contributed by atoms with Gasteiger partial charge in [0.2, 0.25) is 5.91 Å². The first-order chi connectivity index (χ1) is 16.8. The van der Waals surface area contributed by atoms with Crippen LogP contribution in [0.5, 0.6) is 0 Å². The Hall–Kier alpha value is -3.02. The van der Waals surface area contributed by atoms with Crippen LogP contribution in [0.25, 0.3) is 0 Å². The molecule has 5 nitrogen and oxygen atoms in total. The van der Waals surface area contributed by atoms with Gasteiger partial charge in [0.05, 0.1) is 15.3 Å². The van der Waals surface area contributed by atoms with Crippen LogP contribution in [0.4, 0.5) is 15.8 Å². The second-order valence-electron chi connectivity index (χ2n) is 7.46. The molecule has 35 heavy (non-hydrogen) atoms. The van der Waals surface area contributed by atoms with Crippen molar-refractivity contribution in [2.75, 3.05) is 10.2 Å². The van der Waals surface area contributed by atoms with Crippen molar-refractivity contribution >= 4 is 69.8 Å². The van der Waals surface area contributed by atoms with Crippen molar-refractivity contribution in [2.45, 2.75) is 11.7 Å². The maximum atomic E-state index is 13.5. The Morgan fingerprint density at radius 1 is 1.03 bits per heavy atom. The molecule has 1 heterocycles. The van der Waals surface area contributed by atoms with Gasteiger partial charge in [0.25, 0.3) is 5.91 Å². The zero-order valence-electron chi connectivity index (χ0n) is 17.8. The van der Waals surface area contributed by atoms with E-state index in [-0.39, 0.29) is 16.5 Å². The lowest BCUT2D eigenvalue weighted by molar-refractivity contribution is -0.117. The molecule has 1 N–H and O–H groups in total. The summed E-state index contributed by atoms with van der Waals surface area (Å²) in [6.07, 6.45) is 0.298. The summed E-state index contributed by atoms with van der Waals surface area (Å²) in [4.78, 5) is 27.8. The highest BCUT2D eigenvalue weighted by molar-refractivity contribution is 8.05. The number of nitriles is 1. The van der Waals surface area contributed by atoms with E-state index in [0.29, 0.717) is 32.9 Å². The summed E-state index contributed by atoms with van der Waals surface area (Å²) in [5.41, 5.74) is 1.29. The number of nitrogens with zero attached hydrogens (tertiary/aromatic N) is 2. The fourth-order valence-corrected chi connectivity index (χ4v) is 5.17. The molecule has 2 amide bonds. The summed E-state index contributed by atoms with van der Waals surface area (Å²) >= 11 is 19.3. The number of carbonyl (C=O) groups is 2. The van der Waals surface area contributed by atoms with Crippen LogP contribution in [0, 0.1) is 17.1 Å². The van der Waals surface area contributed by atoms with Gasteiger partial charge < -0.3 is 5.32 Å². The van der Waals surface area contributed by atoms with Crippen molar-refractivity contribution in [3.05, 3.63) is 104 Å². The Morgan fingerprint density at radius 2 is 1.71 bits per heavy atom. The van der Waals surface area contributed by atoms with Gasteiger partial charge in [0.1, 0.15) is 22.5 Å². The number of carbonyl (C=O) groups excluding carboxylic acids is 2. The monoisotopic (exact) mass is 545 g/mol. The average Bonchev–Trinajstić information content (AvgIpc) is 3.14. The van der Waals surface area contributed by atoms with Crippen LogP contribution in [-0.2, 0) is 16.0 Å². The Kier molecular flexibility index (Phi) is 7.68. The van der Waals surface area contributed by atoms with Crippen molar-refractivity contribution in [3.8, 4) is 6.07 Å². The van der Waals surface area contributed by atoms with Crippen LogP contribution < -0.4 is 10.2 Å². The van der Waals surface area contributed by atoms with Gasteiger partial charge in [0.15, 0.2) is 0 Å². The SMILES string of the molecule is N#CC(C(=O)Nc1ccc(F)cc1)=C1SC(Cc2ccc(Cl)c(Cl)c2)C(=O)N1c1ccc(Cl)cc1. The normalized spacial score (nSPS) is 16.7. The number of nitrogens with one attached hydrogen (secondary N) is 1. The van der Waals surface area contributed by atoms with Gasteiger partial charge in [-0.2, -0.15) is 5.26 Å². The smallest absolute Gasteiger partial charge is 0.269 e. The molecular weight excluding hydrogens is 532 g/mol. The molecule has 176 valence electrons. The van der Waals surface area contributed by atoms with Crippen molar-refractivity contribution in [1.82, 2.24) is 0 Å². The number of amides is 2. The largest absolute Gasteiger partial charge is 0.321 e. The molecule has 1 fully saturated rings. The van der Waals surface area contributed by atoms with E-state index in [4.69, 9.17) is 34.8 Å². The van der Waals surface area contributed by atoms with Crippen LogP contribution in [0.2, 0.25) is 15.1 Å². The molecule has 0 aromatic heterocycles. The van der Waals surface area contributed by atoms with E-state index in [1.807, 2.05) is 6.07 Å². The molecule has 0 spiro atoms. The topological polar surface area (TPSA) is 73.2 Å². The fourth-order valence-electron chi connectivity index (χ4n) is 3.42. The van der Waals surface area contributed by atoms with E-state index in [0.717, 1.165) is 17.3 Å². The molecule has 1 aliphatic rings. The predicted octanol–water partition coefficient (Wildman–Crippen LogP) is 6.85. The first kappa shape index (κ1) is 25.1. The van der Waals surface area contributed by atoms with E-state index in [9.17, 15) is 19.2 Å². The number of hydrogen-bond donors (Lipinski definition) is 1. The number of hydrogen-bond acceptors (Lipinski definition) is 4. The first-order valence-corrected chi connectivity index (χ1v) is 12.2. The van der Waals surface area contributed by atoms with E-state index in [1.165, 1.54) is 29.2 Å². The molecule has 0 radical (unpaired) electrons. The minimum atomic E-state index is -0.719. The molecule has 10 heteroatoms. The molecule has 1 atom stereocenters. The van der Waals surface area contributed by atoms with Crippen LogP contribution in [0.3, 0.4) is 0 Å². The second kappa shape index (κ2) is 10.7. The van der Waals surface area contributed by atoms with Gasteiger partial charge in [-0.1, -0.05) is 52.6 Å². The van der Waals surface area contributed by atoms with Crippen LogP contribution in [0.1, 0.15) is 5.56 Å². The second-order valence-corrected chi connectivity index (χ2v) is 9.90. The minimum Gasteiger partial charge on any atom is -0.321 e. The maximum Gasteiger partial charge on any atom is 0.269 e. The Labute approximate surface area is 220 Å². The zero-order valence-corrected chi connectivity index (χ0v) is 20.9. The lowest BCUT2D eigenvalue weighted by atomic mass is 10.1. The van der Waals surface area contributed by atoms with Gasteiger partial charge in [-0.15, -0.1) is 0 Å². The summed E-state index contributed by atoms with van der Waals surface area (Å²) in [7, 11) is 0. The molecular formula is C25H15Cl3FN3O2S. The summed E-state index contributed by atoms with van der Waals surface area (Å²) in [6.45, 7) is 0. The fraction of sp³-hybridized carbons (Fsp3) is 0.0800. The molecule has 3 aromatic rings. The molecule has 0 aliphatic carbocycles. The summed E-state index contributed by atoms with van der Waals surface area (Å²) in [5, 5.41) is 13.3. The number of halogens is 4. The highest BCUT2D eigenvalue weighted by Crippen LogP contribution is 2.42. The minimum absolute atomic E-state index is 0.185. The van der Waals surface area contributed by atoms with Crippen LogP contribution >= 0.6 is 46.6 Å². The van der Waals surface area contributed by atoms with Crippen molar-refractivity contribution in [1.29, 1.82) is 5.26 Å². The Balaban J connectivity index is 1.72. The van der Waals surface area contributed by atoms with Gasteiger partial charge in [-0.25, -0.2) is 4.39 Å². The van der Waals surface area contributed by atoms with E-state index in [2.05, 4.69) is 5.32 Å². The summed E-state index contributed by atoms with van der Waals surface area (Å²) < 4.78 is 13.2. The van der Waals surface area contributed by atoms with Gasteiger partial charge >= 0.3 is 0 Å². The molecule has 1 unspecified atom stereocenters. The number of rotatable bonds is 5. The third-order valence-electron chi connectivity index (χ3n) is 5.10.